The summed E-state index contributed by atoms with van der Waals surface area (Å²) in [7, 11) is 0. The summed E-state index contributed by atoms with van der Waals surface area (Å²) >= 11 is 5.98. The van der Waals surface area contributed by atoms with Gasteiger partial charge >= 0.3 is 0 Å². The van der Waals surface area contributed by atoms with Gasteiger partial charge in [-0.2, -0.15) is 0 Å². The van der Waals surface area contributed by atoms with E-state index >= 15 is 0 Å². The molecule has 148 valence electrons. The Morgan fingerprint density at radius 2 is 1.57 bits per heavy atom. The van der Waals surface area contributed by atoms with E-state index < -0.39 is 0 Å². The lowest BCUT2D eigenvalue weighted by atomic mass is 10.1. The maximum Gasteiger partial charge on any atom is 0.279 e. The third kappa shape index (κ3) is 6.18. The molecule has 7 heteroatoms. The molecule has 0 spiro atoms. The number of benzene rings is 2. The summed E-state index contributed by atoms with van der Waals surface area (Å²) in [5.74, 6) is -0.566. The molecule has 6 nitrogen and oxygen atoms in total. The lowest BCUT2D eigenvalue weighted by Gasteiger charge is -2.18. The average molecular weight is 403 g/mol. The molecule has 1 unspecified atom stereocenters. The normalized spacial score (nSPS) is 11.6. The number of Topliss-reactive ketones (excluding diaryl/α,β-unsaturated/α-hetero) is 1. The van der Waals surface area contributed by atoms with Gasteiger partial charge in [-0.15, -0.1) is 0 Å². The highest BCUT2D eigenvalue weighted by Crippen LogP contribution is 2.19. The Kier molecular flexibility index (Phi) is 7.72. The van der Waals surface area contributed by atoms with Crippen LogP contribution in [0.2, 0.25) is 5.02 Å². The Morgan fingerprint density at radius 1 is 0.964 bits per heavy atom. The molecule has 0 aliphatic carbocycles. The highest BCUT2D eigenvalue weighted by molar-refractivity contribution is 6.31. The maximum absolute atomic E-state index is 12.4. The molecule has 2 aromatic carbocycles. The molecule has 0 saturated carbocycles. The summed E-state index contributed by atoms with van der Waals surface area (Å²) in [4.78, 5) is 37.3. The molecule has 3 N–H and O–H groups in total. The minimum Gasteiger partial charge on any atom is -0.321 e. The SMILES string of the molecule is CC[NH+](CC(=O)Nc1cc(Cl)ccc1C)CC(=O)Nc1ccccc1C(C)=O. The summed E-state index contributed by atoms with van der Waals surface area (Å²) in [5, 5.41) is 6.15. The number of halogens is 1. The number of quaternary nitrogens is 1. The summed E-state index contributed by atoms with van der Waals surface area (Å²) in [6.45, 7) is 6.11. The Balaban J connectivity index is 1.96. The van der Waals surface area contributed by atoms with Crippen LogP contribution < -0.4 is 15.5 Å². The lowest BCUT2D eigenvalue weighted by molar-refractivity contribution is -0.881. The second-order valence-corrected chi connectivity index (χ2v) is 7.05. The van der Waals surface area contributed by atoms with Crippen LogP contribution in [-0.4, -0.2) is 37.2 Å². The van der Waals surface area contributed by atoms with Gasteiger partial charge in [0.1, 0.15) is 0 Å². The Bertz CT molecular complexity index is 883. The molecule has 2 rings (SSSR count). The van der Waals surface area contributed by atoms with Gasteiger partial charge in [0.2, 0.25) is 0 Å². The van der Waals surface area contributed by atoms with Crippen LogP contribution in [0, 0.1) is 6.92 Å². The van der Waals surface area contributed by atoms with E-state index in [1.807, 2.05) is 19.9 Å². The van der Waals surface area contributed by atoms with E-state index in [1.165, 1.54) is 6.92 Å². The number of rotatable bonds is 8. The van der Waals surface area contributed by atoms with Gasteiger partial charge in [-0.05, 0) is 50.6 Å². The van der Waals surface area contributed by atoms with E-state index in [0.717, 1.165) is 10.5 Å². The van der Waals surface area contributed by atoms with Crippen LogP contribution in [-0.2, 0) is 9.59 Å². The predicted molar refractivity (Wildman–Crippen MR) is 111 cm³/mol. The topological polar surface area (TPSA) is 79.7 Å². The summed E-state index contributed by atoms with van der Waals surface area (Å²) in [5.41, 5.74) is 2.51. The molecule has 2 aromatic rings. The number of carbonyl (C=O) groups excluding carboxylic acids is 3. The summed E-state index contributed by atoms with van der Waals surface area (Å²) in [6.07, 6.45) is 0. The van der Waals surface area contributed by atoms with Crippen LogP contribution in [0.5, 0.6) is 0 Å². The Labute approximate surface area is 169 Å². The monoisotopic (exact) mass is 402 g/mol. The van der Waals surface area contributed by atoms with Crippen molar-refractivity contribution >= 4 is 40.6 Å². The zero-order valence-corrected chi connectivity index (χ0v) is 17.0. The smallest absolute Gasteiger partial charge is 0.279 e. The number of carbonyl (C=O) groups is 3. The third-order valence-electron chi connectivity index (χ3n) is 4.38. The number of likely N-dealkylation sites (N-methyl/N-ethyl adjacent to an activating group) is 1. The van der Waals surface area contributed by atoms with Crippen LogP contribution in [0.25, 0.3) is 0 Å². The molecule has 0 aromatic heterocycles. The number of aryl methyl sites for hydroxylation is 1. The van der Waals surface area contributed by atoms with Crippen molar-refractivity contribution in [1.82, 2.24) is 0 Å². The molecular formula is C21H25ClN3O3+. The summed E-state index contributed by atoms with van der Waals surface area (Å²) in [6, 6.07) is 12.2. The largest absolute Gasteiger partial charge is 0.321 e. The number of amides is 2. The highest BCUT2D eigenvalue weighted by Gasteiger charge is 2.18. The van der Waals surface area contributed by atoms with Crippen LogP contribution in [0.3, 0.4) is 0 Å². The lowest BCUT2D eigenvalue weighted by Crippen LogP contribution is -3.13. The van der Waals surface area contributed by atoms with Crippen molar-refractivity contribution in [2.24, 2.45) is 0 Å². The number of nitrogens with one attached hydrogen (secondary N) is 3. The first kappa shape index (κ1) is 21.6. The van der Waals surface area contributed by atoms with Crippen LogP contribution in [0.15, 0.2) is 42.5 Å². The average Bonchev–Trinajstić information content (AvgIpc) is 2.64. The number of ketones is 1. The van der Waals surface area contributed by atoms with E-state index in [-0.39, 0.29) is 30.7 Å². The molecule has 2 amide bonds. The molecule has 1 atom stereocenters. The highest BCUT2D eigenvalue weighted by atomic mass is 35.5. The fourth-order valence-electron chi connectivity index (χ4n) is 2.78. The molecule has 0 bridgehead atoms. The Hall–Kier alpha value is -2.70. The third-order valence-corrected chi connectivity index (χ3v) is 4.61. The zero-order chi connectivity index (χ0) is 20.7. The first-order chi connectivity index (χ1) is 13.3. The summed E-state index contributed by atoms with van der Waals surface area (Å²) < 4.78 is 0. The van der Waals surface area contributed by atoms with Crippen molar-refractivity contribution in [3.8, 4) is 0 Å². The van der Waals surface area contributed by atoms with Crippen LogP contribution in [0.1, 0.15) is 29.8 Å². The standard InChI is InChI=1S/C21H24ClN3O3/c1-4-25(13-21(28)24-19-11-16(22)10-9-14(19)2)12-20(27)23-18-8-6-5-7-17(18)15(3)26/h5-11H,4,12-13H2,1-3H3,(H,23,27)(H,24,28)/p+1. The predicted octanol–water partition coefficient (Wildman–Crippen LogP) is 2.33. The van der Waals surface area contributed by atoms with Crippen molar-refractivity contribution in [2.75, 3.05) is 30.3 Å². The fourth-order valence-corrected chi connectivity index (χ4v) is 2.96. The van der Waals surface area contributed by atoms with E-state index in [0.29, 0.717) is 28.5 Å². The molecule has 0 aliphatic heterocycles. The van der Waals surface area contributed by atoms with Gasteiger partial charge in [-0.1, -0.05) is 29.8 Å². The Morgan fingerprint density at radius 3 is 2.18 bits per heavy atom. The quantitative estimate of drug-likeness (QED) is 0.593. The minimum atomic E-state index is -0.253. The maximum atomic E-state index is 12.4. The van der Waals surface area contributed by atoms with Gasteiger partial charge in [0.25, 0.3) is 11.8 Å². The van der Waals surface area contributed by atoms with E-state index in [1.54, 1.807) is 36.4 Å². The van der Waals surface area contributed by atoms with Crippen molar-refractivity contribution < 1.29 is 19.3 Å². The molecule has 0 fully saturated rings. The zero-order valence-electron chi connectivity index (χ0n) is 16.3. The second kappa shape index (κ2) is 10.0. The first-order valence-corrected chi connectivity index (χ1v) is 9.47. The number of hydrogen-bond donors (Lipinski definition) is 3. The number of para-hydroxylation sites is 1. The van der Waals surface area contributed by atoms with E-state index in [4.69, 9.17) is 11.6 Å². The van der Waals surface area contributed by atoms with Gasteiger partial charge in [0, 0.05) is 16.3 Å². The van der Waals surface area contributed by atoms with Gasteiger partial charge < -0.3 is 15.5 Å². The fraction of sp³-hybridized carbons (Fsp3) is 0.286. The van der Waals surface area contributed by atoms with E-state index in [2.05, 4.69) is 10.6 Å². The van der Waals surface area contributed by atoms with Gasteiger partial charge in [-0.3, -0.25) is 14.4 Å². The first-order valence-electron chi connectivity index (χ1n) is 9.09. The number of hydrogen-bond acceptors (Lipinski definition) is 3. The van der Waals surface area contributed by atoms with Gasteiger partial charge in [-0.25, -0.2) is 0 Å². The van der Waals surface area contributed by atoms with Crippen LogP contribution >= 0.6 is 11.6 Å². The van der Waals surface area contributed by atoms with E-state index in [9.17, 15) is 14.4 Å². The number of anilines is 2. The van der Waals surface area contributed by atoms with Gasteiger partial charge in [0.15, 0.2) is 18.9 Å². The molecule has 0 aliphatic rings. The molecule has 0 saturated heterocycles. The van der Waals surface area contributed by atoms with Crippen molar-refractivity contribution in [1.29, 1.82) is 0 Å². The molecule has 0 heterocycles. The minimum absolute atomic E-state index is 0.116. The molecular weight excluding hydrogens is 378 g/mol. The molecule has 28 heavy (non-hydrogen) atoms. The van der Waals surface area contributed by atoms with Crippen molar-refractivity contribution in [3.63, 3.8) is 0 Å². The molecule has 0 radical (unpaired) electrons. The van der Waals surface area contributed by atoms with Gasteiger partial charge in [0.05, 0.1) is 12.2 Å². The van der Waals surface area contributed by atoms with Crippen molar-refractivity contribution in [3.05, 3.63) is 58.6 Å². The second-order valence-electron chi connectivity index (χ2n) is 6.61. The van der Waals surface area contributed by atoms with Crippen LogP contribution in [0.4, 0.5) is 11.4 Å². The van der Waals surface area contributed by atoms with Crippen molar-refractivity contribution in [2.45, 2.75) is 20.8 Å².